The second-order valence-corrected chi connectivity index (χ2v) is 7.06. The lowest BCUT2D eigenvalue weighted by Gasteiger charge is -2.31. The maximum atomic E-state index is 6.22. The van der Waals surface area contributed by atoms with Crippen LogP contribution in [0.25, 0.3) is 0 Å². The van der Waals surface area contributed by atoms with E-state index >= 15 is 0 Å². The highest BCUT2D eigenvalue weighted by molar-refractivity contribution is 7.99. The van der Waals surface area contributed by atoms with Crippen LogP contribution in [0.3, 0.4) is 0 Å². The highest BCUT2D eigenvalue weighted by atomic mass is 35.5. The van der Waals surface area contributed by atoms with Crippen molar-refractivity contribution in [2.24, 2.45) is 0 Å². The summed E-state index contributed by atoms with van der Waals surface area (Å²) in [5, 5.41) is 0.607. The van der Waals surface area contributed by atoms with Crippen LogP contribution in [0, 0.1) is 0 Å². The Kier molecular flexibility index (Phi) is 4.30. The molecular formula is C14H20ClN3S. The molecule has 1 aliphatic heterocycles. The van der Waals surface area contributed by atoms with E-state index in [1.54, 1.807) is 0 Å². The van der Waals surface area contributed by atoms with Crippen LogP contribution in [-0.4, -0.2) is 40.0 Å². The van der Waals surface area contributed by atoms with E-state index < -0.39 is 0 Å². The minimum absolute atomic E-state index is 0.317. The van der Waals surface area contributed by atoms with Gasteiger partial charge in [0.1, 0.15) is 11.0 Å². The lowest BCUT2D eigenvalue weighted by Crippen LogP contribution is -2.34. The summed E-state index contributed by atoms with van der Waals surface area (Å²) in [6.07, 6.45) is 5.14. The van der Waals surface area contributed by atoms with Crippen LogP contribution >= 0.6 is 23.4 Å². The van der Waals surface area contributed by atoms with Gasteiger partial charge >= 0.3 is 0 Å². The lowest BCUT2D eigenvalue weighted by molar-refractivity contribution is 0.264. The fraction of sp³-hybridized carbons (Fsp3) is 0.714. The molecule has 0 bridgehead atoms. The maximum Gasteiger partial charge on any atom is 0.148 e. The van der Waals surface area contributed by atoms with Gasteiger partial charge < -0.3 is 0 Å². The highest BCUT2D eigenvalue weighted by Crippen LogP contribution is 2.35. The molecule has 0 amide bonds. The number of hydrogen-bond donors (Lipinski definition) is 0. The van der Waals surface area contributed by atoms with E-state index in [1.165, 1.54) is 31.4 Å². The molecule has 3 nitrogen and oxygen atoms in total. The summed E-state index contributed by atoms with van der Waals surface area (Å²) in [6.45, 7) is 1.10. The quantitative estimate of drug-likeness (QED) is 0.781. The minimum Gasteiger partial charge on any atom is -0.295 e. The van der Waals surface area contributed by atoms with Crippen LogP contribution in [0.4, 0.5) is 0 Å². The molecule has 0 spiro atoms. The van der Waals surface area contributed by atoms with Gasteiger partial charge in [-0.1, -0.05) is 24.4 Å². The molecule has 104 valence electrons. The van der Waals surface area contributed by atoms with Crippen molar-refractivity contribution in [3.63, 3.8) is 0 Å². The van der Waals surface area contributed by atoms with Crippen LogP contribution < -0.4 is 0 Å². The van der Waals surface area contributed by atoms with E-state index in [4.69, 9.17) is 16.6 Å². The summed E-state index contributed by atoms with van der Waals surface area (Å²) in [5.41, 5.74) is 1.16. The third-order valence-electron chi connectivity index (χ3n) is 4.20. The van der Waals surface area contributed by atoms with Gasteiger partial charge in [0.15, 0.2) is 0 Å². The van der Waals surface area contributed by atoms with Crippen molar-refractivity contribution in [2.45, 2.75) is 37.6 Å². The van der Waals surface area contributed by atoms with Gasteiger partial charge in [-0.15, -0.1) is 0 Å². The molecule has 1 saturated carbocycles. The number of thioether (sulfide) groups is 1. The fourth-order valence-corrected chi connectivity index (χ4v) is 4.40. The maximum absolute atomic E-state index is 6.22. The molecule has 1 saturated heterocycles. The Hall–Kier alpha value is -0.320. The van der Waals surface area contributed by atoms with Crippen molar-refractivity contribution < 1.29 is 0 Å². The van der Waals surface area contributed by atoms with Crippen LogP contribution in [0.5, 0.6) is 0 Å². The zero-order chi connectivity index (χ0) is 13.2. The van der Waals surface area contributed by atoms with Gasteiger partial charge in [0.2, 0.25) is 0 Å². The van der Waals surface area contributed by atoms with Gasteiger partial charge in [-0.2, -0.15) is 11.8 Å². The van der Waals surface area contributed by atoms with Crippen molar-refractivity contribution >= 4 is 23.4 Å². The molecule has 2 heterocycles. The number of nitrogens with zero attached hydrogens (tertiary/aromatic N) is 3. The summed E-state index contributed by atoms with van der Waals surface area (Å²) in [4.78, 5) is 11.7. The van der Waals surface area contributed by atoms with Gasteiger partial charge in [0, 0.05) is 29.7 Å². The number of hydrogen-bond acceptors (Lipinski definition) is 4. The summed E-state index contributed by atoms with van der Waals surface area (Å²) in [6, 6.07) is 2.29. The van der Waals surface area contributed by atoms with Gasteiger partial charge in [-0.25, -0.2) is 9.97 Å². The molecule has 0 aromatic carbocycles. The first-order valence-corrected chi connectivity index (χ1v) is 8.59. The Labute approximate surface area is 124 Å². The van der Waals surface area contributed by atoms with Crippen molar-refractivity contribution in [3.8, 4) is 0 Å². The standard InChI is InChI=1S/C14H20ClN3S/c1-18-6-7-19-9-12(18)14-16-11(8-13(15)17-14)10-4-2-3-5-10/h8,10,12H,2-7,9H2,1H3. The SMILES string of the molecule is CN1CCSCC1c1nc(Cl)cc(C2CCCC2)n1. The average molecular weight is 298 g/mol. The fourth-order valence-electron chi connectivity index (χ4n) is 2.99. The zero-order valence-electron chi connectivity index (χ0n) is 11.3. The normalized spacial score (nSPS) is 25.9. The predicted octanol–water partition coefficient (Wildman–Crippen LogP) is 3.51. The van der Waals surface area contributed by atoms with E-state index in [0.29, 0.717) is 17.1 Å². The Morgan fingerprint density at radius 3 is 2.84 bits per heavy atom. The van der Waals surface area contributed by atoms with E-state index in [2.05, 4.69) is 16.9 Å². The first-order valence-electron chi connectivity index (χ1n) is 7.06. The van der Waals surface area contributed by atoms with Gasteiger partial charge in [-0.3, -0.25) is 4.90 Å². The summed E-state index contributed by atoms with van der Waals surface area (Å²) in [7, 11) is 2.16. The Bertz CT molecular complexity index is 448. The lowest BCUT2D eigenvalue weighted by atomic mass is 10.0. The highest BCUT2D eigenvalue weighted by Gasteiger charge is 2.26. The van der Waals surface area contributed by atoms with Crippen molar-refractivity contribution in [1.82, 2.24) is 14.9 Å². The smallest absolute Gasteiger partial charge is 0.148 e. The molecule has 2 aliphatic rings. The van der Waals surface area contributed by atoms with Gasteiger partial charge in [0.25, 0.3) is 0 Å². The first kappa shape index (κ1) is 13.7. The van der Waals surface area contributed by atoms with Gasteiger partial charge in [0.05, 0.1) is 6.04 Å². The minimum atomic E-state index is 0.317. The van der Waals surface area contributed by atoms with Crippen molar-refractivity contribution in [2.75, 3.05) is 25.1 Å². The van der Waals surface area contributed by atoms with E-state index in [0.717, 1.165) is 23.8 Å². The second kappa shape index (κ2) is 5.98. The molecule has 2 fully saturated rings. The molecule has 1 unspecified atom stereocenters. The molecule has 0 radical (unpaired) electrons. The van der Waals surface area contributed by atoms with Crippen LogP contribution in [-0.2, 0) is 0 Å². The summed E-state index contributed by atoms with van der Waals surface area (Å²) >= 11 is 8.20. The Balaban J connectivity index is 1.88. The monoisotopic (exact) mass is 297 g/mol. The topological polar surface area (TPSA) is 29.0 Å². The molecule has 5 heteroatoms. The molecule has 1 aliphatic carbocycles. The Morgan fingerprint density at radius 1 is 1.32 bits per heavy atom. The van der Waals surface area contributed by atoms with Crippen LogP contribution in [0.1, 0.15) is 49.2 Å². The summed E-state index contributed by atoms with van der Waals surface area (Å²) in [5.74, 6) is 3.79. The van der Waals surface area contributed by atoms with Crippen molar-refractivity contribution in [3.05, 3.63) is 22.7 Å². The number of aromatic nitrogens is 2. The molecule has 1 aromatic heterocycles. The molecule has 19 heavy (non-hydrogen) atoms. The number of halogens is 1. The predicted molar refractivity (Wildman–Crippen MR) is 80.9 cm³/mol. The number of rotatable bonds is 2. The average Bonchev–Trinajstić information content (AvgIpc) is 2.92. The third kappa shape index (κ3) is 3.06. The van der Waals surface area contributed by atoms with Crippen LogP contribution in [0.15, 0.2) is 6.07 Å². The molecule has 1 atom stereocenters. The molecule has 0 N–H and O–H groups in total. The largest absolute Gasteiger partial charge is 0.295 e. The third-order valence-corrected chi connectivity index (χ3v) is 5.42. The molecule has 3 rings (SSSR count). The van der Waals surface area contributed by atoms with E-state index in [9.17, 15) is 0 Å². The molecule has 1 aromatic rings. The van der Waals surface area contributed by atoms with Gasteiger partial charge in [-0.05, 0) is 26.0 Å². The van der Waals surface area contributed by atoms with Crippen LogP contribution in [0.2, 0.25) is 5.15 Å². The Morgan fingerprint density at radius 2 is 2.11 bits per heavy atom. The van der Waals surface area contributed by atoms with Crippen molar-refractivity contribution in [1.29, 1.82) is 0 Å². The zero-order valence-corrected chi connectivity index (χ0v) is 12.9. The van der Waals surface area contributed by atoms with E-state index in [-0.39, 0.29) is 0 Å². The second-order valence-electron chi connectivity index (χ2n) is 5.53. The first-order chi connectivity index (χ1) is 9.24. The van der Waals surface area contributed by atoms with E-state index in [1.807, 2.05) is 17.8 Å². The summed E-state index contributed by atoms with van der Waals surface area (Å²) < 4.78 is 0. The molecular weight excluding hydrogens is 278 g/mol.